The first-order valence-electron chi connectivity index (χ1n) is 11.3. The van der Waals surface area contributed by atoms with Crippen molar-refractivity contribution >= 4 is 28.6 Å². The van der Waals surface area contributed by atoms with Crippen LogP contribution in [-0.2, 0) is 0 Å². The molecule has 0 radical (unpaired) electrons. The van der Waals surface area contributed by atoms with Gasteiger partial charge in [-0.3, -0.25) is 9.78 Å². The Labute approximate surface area is 205 Å². The molecule has 0 spiro atoms. The van der Waals surface area contributed by atoms with E-state index in [2.05, 4.69) is 15.3 Å². The van der Waals surface area contributed by atoms with E-state index in [1.165, 1.54) is 11.3 Å². The molecule has 2 aliphatic heterocycles. The Morgan fingerprint density at radius 2 is 1.71 bits per heavy atom. The molecule has 6 rings (SSSR count). The van der Waals surface area contributed by atoms with Gasteiger partial charge < -0.3 is 14.4 Å². The highest BCUT2D eigenvalue weighted by Crippen LogP contribution is 2.37. The van der Waals surface area contributed by atoms with Crippen LogP contribution < -0.4 is 9.47 Å². The second-order valence-electron chi connectivity index (χ2n) is 8.27. The number of thiazole rings is 2. The summed E-state index contributed by atoms with van der Waals surface area (Å²) in [5, 5.41) is 5.93. The first kappa shape index (κ1) is 21.2. The molecule has 4 aromatic rings. The minimum atomic E-state index is 0.00566. The number of amides is 1. The highest BCUT2D eigenvalue weighted by molar-refractivity contribution is 7.13. The fraction of sp³-hybridized carbons (Fsp3) is 0.280. The van der Waals surface area contributed by atoms with Gasteiger partial charge in [-0.15, -0.1) is 22.7 Å². The lowest BCUT2D eigenvalue weighted by molar-refractivity contribution is 0.0708. The average Bonchev–Trinajstić information content (AvgIpc) is 3.59. The lowest BCUT2D eigenvalue weighted by atomic mass is 9.97. The van der Waals surface area contributed by atoms with Gasteiger partial charge >= 0.3 is 0 Å². The van der Waals surface area contributed by atoms with Crippen LogP contribution in [-0.4, -0.2) is 52.1 Å². The van der Waals surface area contributed by atoms with E-state index >= 15 is 0 Å². The normalized spacial score (nSPS) is 15.9. The molecule has 7 nitrogen and oxygen atoms in total. The van der Waals surface area contributed by atoms with Crippen molar-refractivity contribution in [1.82, 2.24) is 19.9 Å². The van der Waals surface area contributed by atoms with Gasteiger partial charge in [-0.2, -0.15) is 0 Å². The lowest BCUT2D eigenvalue weighted by Gasteiger charge is -2.30. The quantitative estimate of drug-likeness (QED) is 0.395. The summed E-state index contributed by atoms with van der Waals surface area (Å²) in [5.74, 6) is 1.93. The van der Waals surface area contributed by atoms with Crippen LogP contribution in [0.5, 0.6) is 11.5 Å². The molecular formula is C25H22N4O3S2. The van der Waals surface area contributed by atoms with Gasteiger partial charge in [0.05, 0.1) is 10.7 Å². The first-order valence-corrected chi connectivity index (χ1v) is 13.0. The SMILES string of the molecule is O=C(c1csc(-c2ccncc2)n1)N1CCC(c2nc(-c3ccc4c(c3)OCCO4)cs2)CC1. The standard InChI is InChI=1S/C25H22N4O3S2/c30-25(20-15-34-23(28-20)16-3-7-26-8-4-16)29-9-5-17(6-10-29)24-27-19(14-33-24)18-1-2-21-22(13-18)32-12-11-31-21/h1-4,7-8,13-15,17H,5-6,9-12H2. The van der Waals surface area contributed by atoms with Crippen LogP contribution in [0.1, 0.15) is 34.3 Å². The van der Waals surface area contributed by atoms with E-state index in [-0.39, 0.29) is 5.91 Å². The van der Waals surface area contributed by atoms with Crippen LogP contribution in [0.4, 0.5) is 0 Å². The van der Waals surface area contributed by atoms with Crippen molar-refractivity contribution in [3.63, 3.8) is 0 Å². The molecule has 1 saturated heterocycles. The fourth-order valence-corrected chi connectivity index (χ4v) is 6.10. The van der Waals surface area contributed by atoms with Crippen LogP contribution in [0, 0.1) is 0 Å². The van der Waals surface area contributed by atoms with Crippen molar-refractivity contribution in [3.8, 4) is 33.3 Å². The van der Waals surface area contributed by atoms with E-state index in [0.717, 1.165) is 51.2 Å². The molecule has 2 aliphatic rings. The number of carbonyl (C=O) groups is 1. The molecule has 0 N–H and O–H groups in total. The van der Waals surface area contributed by atoms with Gasteiger partial charge in [-0.25, -0.2) is 9.97 Å². The number of aromatic nitrogens is 3. The maximum atomic E-state index is 13.0. The lowest BCUT2D eigenvalue weighted by Crippen LogP contribution is -2.38. The Kier molecular flexibility index (Phi) is 5.72. The number of rotatable bonds is 4. The summed E-state index contributed by atoms with van der Waals surface area (Å²) in [5.41, 5.74) is 3.50. The highest BCUT2D eigenvalue weighted by Gasteiger charge is 2.28. The number of hydrogen-bond donors (Lipinski definition) is 0. The number of fused-ring (bicyclic) bond motifs is 1. The number of likely N-dealkylation sites (tertiary alicyclic amines) is 1. The van der Waals surface area contributed by atoms with E-state index in [9.17, 15) is 4.79 Å². The van der Waals surface area contributed by atoms with Crippen molar-refractivity contribution in [1.29, 1.82) is 0 Å². The van der Waals surface area contributed by atoms with Crippen LogP contribution in [0.3, 0.4) is 0 Å². The smallest absolute Gasteiger partial charge is 0.273 e. The molecule has 0 saturated carbocycles. The summed E-state index contributed by atoms with van der Waals surface area (Å²) in [6.45, 7) is 2.58. The molecular weight excluding hydrogens is 468 g/mol. The van der Waals surface area contributed by atoms with Gasteiger partial charge in [0.2, 0.25) is 0 Å². The minimum absolute atomic E-state index is 0.00566. The van der Waals surface area contributed by atoms with Crippen LogP contribution in [0.25, 0.3) is 21.8 Å². The van der Waals surface area contributed by atoms with Gasteiger partial charge in [0.15, 0.2) is 11.5 Å². The van der Waals surface area contributed by atoms with E-state index in [1.54, 1.807) is 23.7 Å². The molecule has 0 aliphatic carbocycles. The first-order chi connectivity index (χ1) is 16.7. The zero-order valence-electron chi connectivity index (χ0n) is 18.3. The summed E-state index contributed by atoms with van der Waals surface area (Å²) in [4.78, 5) is 28.5. The average molecular weight is 491 g/mol. The second-order valence-corrected chi connectivity index (χ2v) is 10.0. The van der Waals surface area contributed by atoms with Gasteiger partial charge in [-0.05, 0) is 43.2 Å². The van der Waals surface area contributed by atoms with Crippen LogP contribution in [0.2, 0.25) is 0 Å². The van der Waals surface area contributed by atoms with Gasteiger partial charge in [0, 0.05) is 53.3 Å². The van der Waals surface area contributed by atoms with E-state index in [1.807, 2.05) is 40.6 Å². The third-order valence-corrected chi connectivity index (χ3v) is 8.04. The Balaban J connectivity index is 1.10. The second kappa shape index (κ2) is 9.15. The number of ether oxygens (including phenoxy) is 2. The third kappa shape index (κ3) is 4.17. The van der Waals surface area contributed by atoms with Crippen molar-refractivity contribution in [2.75, 3.05) is 26.3 Å². The number of piperidine rings is 1. The van der Waals surface area contributed by atoms with E-state index in [0.29, 0.717) is 37.9 Å². The zero-order chi connectivity index (χ0) is 22.9. The summed E-state index contributed by atoms with van der Waals surface area (Å²) >= 11 is 3.18. The summed E-state index contributed by atoms with van der Waals surface area (Å²) in [6.07, 6.45) is 5.28. The van der Waals surface area contributed by atoms with Crippen molar-refractivity contribution in [2.24, 2.45) is 0 Å². The van der Waals surface area contributed by atoms with Gasteiger partial charge in [-0.1, -0.05) is 0 Å². The third-order valence-electron chi connectivity index (χ3n) is 6.14. The van der Waals surface area contributed by atoms with E-state index in [4.69, 9.17) is 14.5 Å². The number of benzene rings is 1. The highest BCUT2D eigenvalue weighted by atomic mass is 32.1. The van der Waals surface area contributed by atoms with Gasteiger partial charge in [0.25, 0.3) is 5.91 Å². The molecule has 34 heavy (non-hydrogen) atoms. The number of nitrogens with zero attached hydrogens (tertiary/aromatic N) is 4. The summed E-state index contributed by atoms with van der Waals surface area (Å²) in [6, 6.07) is 9.80. The Morgan fingerprint density at radius 1 is 0.912 bits per heavy atom. The van der Waals surface area contributed by atoms with E-state index < -0.39 is 0 Å². The van der Waals surface area contributed by atoms with Crippen molar-refractivity contribution < 1.29 is 14.3 Å². The molecule has 0 bridgehead atoms. The molecule has 0 unspecified atom stereocenters. The molecule has 1 amide bonds. The predicted octanol–water partition coefficient (Wildman–Crippen LogP) is 5.12. The minimum Gasteiger partial charge on any atom is -0.486 e. The molecule has 9 heteroatoms. The number of hydrogen-bond acceptors (Lipinski definition) is 8. The van der Waals surface area contributed by atoms with Crippen LogP contribution >= 0.6 is 22.7 Å². The monoisotopic (exact) mass is 490 g/mol. The molecule has 5 heterocycles. The van der Waals surface area contributed by atoms with Crippen molar-refractivity contribution in [3.05, 3.63) is 64.2 Å². The molecule has 3 aromatic heterocycles. The zero-order valence-corrected chi connectivity index (χ0v) is 20.0. The topological polar surface area (TPSA) is 77.4 Å². The Hall–Kier alpha value is -3.30. The summed E-state index contributed by atoms with van der Waals surface area (Å²) in [7, 11) is 0. The molecule has 1 aromatic carbocycles. The molecule has 1 fully saturated rings. The Morgan fingerprint density at radius 3 is 2.53 bits per heavy atom. The maximum absolute atomic E-state index is 13.0. The fourth-order valence-electron chi connectivity index (χ4n) is 4.30. The maximum Gasteiger partial charge on any atom is 0.273 e. The number of carbonyl (C=O) groups excluding carboxylic acids is 1. The number of pyridine rings is 1. The largest absolute Gasteiger partial charge is 0.486 e. The van der Waals surface area contributed by atoms with Crippen molar-refractivity contribution in [2.45, 2.75) is 18.8 Å². The van der Waals surface area contributed by atoms with Crippen LogP contribution in [0.15, 0.2) is 53.5 Å². The molecule has 172 valence electrons. The predicted molar refractivity (Wildman–Crippen MR) is 132 cm³/mol. The Bertz CT molecular complexity index is 1310. The molecule has 0 atom stereocenters. The summed E-state index contributed by atoms with van der Waals surface area (Å²) < 4.78 is 11.3. The van der Waals surface area contributed by atoms with Gasteiger partial charge in [0.1, 0.15) is 23.9 Å².